The summed E-state index contributed by atoms with van der Waals surface area (Å²) in [5.74, 6) is 1.40. The van der Waals surface area contributed by atoms with Crippen LogP contribution in [0.4, 0.5) is 0 Å². The molecular formula is C18H18BrNO4. The lowest BCUT2D eigenvalue weighted by atomic mass is 10.3. The highest BCUT2D eigenvalue weighted by atomic mass is 79.9. The van der Waals surface area contributed by atoms with Crippen molar-refractivity contribution < 1.29 is 19.1 Å². The summed E-state index contributed by atoms with van der Waals surface area (Å²) in [5.41, 5.74) is 0.657. The third-order valence-corrected chi connectivity index (χ3v) is 3.36. The van der Waals surface area contributed by atoms with Gasteiger partial charge in [0.1, 0.15) is 17.2 Å². The van der Waals surface area contributed by atoms with E-state index >= 15 is 0 Å². The topological polar surface area (TPSA) is 57.1 Å². The van der Waals surface area contributed by atoms with E-state index in [1.165, 1.54) is 0 Å². The maximum Gasteiger partial charge on any atom is 0.374 e. The molecule has 2 aromatic carbocycles. The third kappa shape index (κ3) is 5.70. The first kappa shape index (κ1) is 18.0. The molecule has 0 aliphatic carbocycles. The Kier molecular flexibility index (Phi) is 6.37. The average Bonchev–Trinajstić information content (AvgIpc) is 2.56. The number of halogens is 1. The summed E-state index contributed by atoms with van der Waals surface area (Å²) >= 11 is 3.38. The smallest absolute Gasteiger partial charge is 0.374 e. The van der Waals surface area contributed by atoms with Gasteiger partial charge in [-0.1, -0.05) is 21.1 Å². The van der Waals surface area contributed by atoms with Gasteiger partial charge in [-0.15, -0.1) is 0 Å². The van der Waals surface area contributed by atoms with Gasteiger partial charge in [0, 0.05) is 4.47 Å². The number of carbonyl (C=O) groups excluding carboxylic acids is 1. The molecule has 5 nitrogen and oxygen atoms in total. The molecule has 0 aliphatic rings. The number of hydrogen-bond acceptors (Lipinski definition) is 5. The second-order valence-corrected chi connectivity index (χ2v) is 6.15. The van der Waals surface area contributed by atoms with Crippen molar-refractivity contribution in [2.75, 3.05) is 0 Å². The number of ether oxygens (including phenoxy) is 2. The lowest BCUT2D eigenvalue weighted by molar-refractivity contribution is -0.151. The predicted octanol–water partition coefficient (Wildman–Crippen LogP) is 4.95. The molecule has 6 heteroatoms. The summed E-state index contributed by atoms with van der Waals surface area (Å²) in [5, 5.41) is 3.62. The molecule has 0 fully saturated rings. The molecule has 0 aromatic heterocycles. The van der Waals surface area contributed by atoms with Crippen LogP contribution in [-0.2, 0) is 9.63 Å². The van der Waals surface area contributed by atoms with E-state index in [0.717, 1.165) is 10.2 Å². The minimum absolute atomic E-state index is 0.541. The third-order valence-electron chi connectivity index (χ3n) is 2.84. The van der Waals surface area contributed by atoms with E-state index < -0.39 is 12.1 Å². The van der Waals surface area contributed by atoms with E-state index in [4.69, 9.17) is 14.3 Å². The fourth-order valence-electron chi connectivity index (χ4n) is 1.69. The van der Waals surface area contributed by atoms with Crippen LogP contribution in [0.2, 0.25) is 0 Å². The number of rotatable bonds is 6. The molecule has 0 saturated heterocycles. The summed E-state index contributed by atoms with van der Waals surface area (Å²) in [6.45, 7) is 5.08. The first-order chi connectivity index (χ1) is 11.4. The number of carbonyl (C=O) groups is 1. The van der Waals surface area contributed by atoms with Gasteiger partial charge < -0.3 is 14.3 Å². The van der Waals surface area contributed by atoms with E-state index in [1.807, 2.05) is 24.3 Å². The summed E-state index contributed by atoms with van der Waals surface area (Å²) in [4.78, 5) is 16.4. The minimum Gasteiger partial charge on any atom is -0.479 e. The van der Waals surface area contributed by atoms with Crippen molar-refractivity contribution in [3.8, 4) is 17.2 Å². The maximum absolute atomic E-state index is 11.7. The predicted molar refractivity (Wildman–Crippen MR) is 95.6 cm³/mol. The number of benzene rings is 2. The fraction of sp³-hybridized carbons (Fsp3) is 0.222. The first-order valence-electron chi connectivity index (χ1n) is 7.36. The Hall–Kier alpha value is -2.34. The van der Waals surface area contributed by atoms with Gasteiger partial charge in [-0.3, -0.25) is 0 Å². The molecule has 0 aliphatic heterocycles. The Morgan fingerprint density at radius 2 is 1.46 bits per heavy atom. The van der Waals surface area contributed by atoms with E-state index in [1.54, 1.807) is 45.0 Å². The Morgan fingerprint density at radius 1 is 0.958 bits per heavy atom. The van der Waals surface area contributed by atoms with Gasteiger partial charge in [0.15, 0.2) is 6.10 Å². The van der Waals surface area contributed by atoms with E-state index in [2.05, 4.69) is 21.1 Å². The molecule has 126 valence electrons. The monoisotopic (exact) mass is 391 g/mol. The van der Waals surface area contributed by atoms with Crippen molar-refractivity contribution in [2.45, 2.75) is 26.9 Å². The molecule has 2 aromatic rings. The van der Waals surface area contributed by atoms with Gasteiger partial charge in [-0.05, 0) is 69.3 Å². The van der Waals surface area contributed by atoms with Crippen LogP contribution in [0.3, 0.4) is 0 Å². The second-order valence-electron chi connectivity index (χ2n) is 5.24. The molecule has 2 rings (SSSR count). The van der Waals surface area contributed by atoms with Crippen LogP contribution in [0, 0.1) is 0 Å². The van der Waals surface area contributed by atoms with Gasteiger partial charge in [-0.25, -0.2) is 4.79 Å². The largest absolute Gasteiger partial charge is 0.479 e. The number of oxime groups is 1. The van der Waals surface area contributed by atoms with Gasteiger partial charge in [-0.2, -0.15) is 0 Å². The molecule has 0 N–H and O–H groups in total. The maximum atomic E-state index is 11.7. The van der Waals surface area contributed by atoms with Crippen LogP contribution in [0.25, 0.3) is 0 Å². The lowest BCUT2D eigenvalue weighted by Crippen LogP contribution is -2.24. The molecule has 0 amide bonds. The highest BCUT2D eigenvalue weighted by Gasteiger charge is 2.16. The van der Waals surface area contributed by atoms with Gasteiger partial charge in [0.25, 0.3) is 0 Å². The summed E-state index contributed by atoms with van der Waals surface area (Å²) in [7, 11) is 0. The van der Waals surface area contributed by atoms with Crippen LogP contribution >= 0.6 is 15.9 Å². The van der Waals surface area contributed by atoms with Crippen molar-refractivity contribution in [3.05, 3.63) is 53.0 Å². The highest BCUT2D eigenvalue weighted by Crippen LogP contribution is 2.25. The van der Waals surface area contributed by atoms with E-state index in [0.29, 0.717) is 17.2 Å². The number of hydrogen-bond donors (Lipinski definition) is 0. The van der Waals surface area contributed by atoms with Crippen molar-refractivity contribution in [2.24, 2.45) is 5.16 Å². The van der Waals surface area contributed by atoms with Gasteiger partial charge in [0.05, 0.1) is 5.71 Å². The van der Waals surface area contributed by atoms with Crippen LogP contribution in [0.5, 0.6) is 17.2 Å². The van der Waals surface area contributed by atoms with Crippen LogP contribution in [-0.4, -0.2) is 17.8 Å². The zero-order chi connectivity index (χ0) is 17.5. The molecule has 24 heavy (non-hydrogen) atoms. The zero-order valence-corrected chi connectivity index (χ0v) is 15.2. The highest BCUT2D eigenvalue weighted by molar-refractivity contribution is 9.10. The van der Waals surface area contributed by atoms with Crippen molar-refractivity contribution in [1.29, 1.82) is 0 Å². The second kappa shape index (κ2) is 8.49. The number of nitrogens with zero attached hydrogens (tertiary/aromatic N) is 1. The standard InChI is InChI=1S/C18H18BrNO4/c1-12(2)20-24-18(21)13(3)22-15-8-10-17(11-9-15)23-16-6-4-14(19)5-7-16/h4-11,13H,1-3H3. The Morgan fingerprint density at radius 3 is 2.00 bits per heavy atom. The van der Waals surface area contributed by atoms with Crippen molar-refractivity contribution >= 4 is 27.6 Å². The van der Waals surface area contributed by atoms with Gasteiger partial charge >= 0.3 is 5.97 Å². The van der Waals surface area contributed by atoms with Crippen molar-refractivity contribution in [1.82, 2.24) is 0 Å². The first-order valence-corrected chi connectivity index (χ1v) is 8.15. The Balaban J connectivity index is 1.92. The summed E-state index contributed by atoms with van der Waals surface area (Å²) < 4.78 is 12.2. The Labute approximate surface area is 149 Å². The van der Waals surface area contributed by atoms with Gasteiger partial charge in [0.2, 0.25) is 0 Å². The van der Waals surface area contributed by atoms with Crippen LogP contribution < -0.4 is 9.47 Å². The molecule has 1 atom stereocenters. The minimum atomic E-state index is -0.758. The molecular weight excluding hydrogens is 374 g/mol. The summed E-state index contributed by atoms with van der Waals surface area (Å²) in [6, 6.07) is 14.5. The molecule has 0 heterocycles. The normalized spacial score (nSPS) is 11.3. The van der Waals surface area contributed by atoms with Crippen molar-refractivity contribution in [3.63, 3.8) is 0 Å². The Bertz CT molecular complexity index is 707. The zero-order valence-electron chi connectivity index (χ0n) is 13.7. The fourth-order valence-corrected chi connectivity index (χ4v) is 1.95. The molecule has 0 bridgehead atoms. The SMILES string of the molecule is CC(C)=NOC(=O)C(C)Oc1ccc(Oc2ccc(Br)cc2)cc1. The summed E-state index contributed by atoms with van der Waals surface area (Å²) in [6.07, 6.45) is -0.758. The quantitative estimate of drug-likeness (QED) is 0.397. The van der Waals surface area contributed by atoms with Crippen LogP contribution in [0.15, 0.2) is 58.2 Å². The van der Waals surface area contributed by atoms with Crippen LogP contribution in [0.1, 0.15) is 20.8 Å². The molecule has 0 saturated carbocycles. The van der Waals surface area contributed by atoms with E-state index in [9.17, 15) is 4.79 Å². The lowest BCUT2D eigenvalue weighted by Gasteiger charge is -2.12. The van der Waals surface area contributed by atoms with E-state index in [-0.39, 0.29) is 0 Å². The molecule has 0 spiro atoms. The molecule has 1 unspecified atom stereocenters. The average molecular weight is 392 g/mol. The molecule has 0 radical (unpaired) electrons.